The van der Waals surface area contributed by atoms with E-state index in [0.717, 1.165) is 6.54 Å². The molecule has 1 fully saturated rings. The fraction of sp³-hybridized carbons (Fsp3) is 1.00. The van der Waals surface area contributed by atoms with Crippen LogP contribution in [-0.2, 0) is 0 Å². The smallest absolute Gasteiger partial charge is 0.181 e. The topological polar surface area (TPSA) is 21.9 Å². The van der Waals surface area contributed by atoms with Crippen molar-refractivity contribution in [2.24, 2.45) is 0 Å². The lowest BCUT2D eigenvalue weighted by Gasteiger charge is -1.77. The molecule has 0 aromatic rings. The standard InChI is InChI=1S/C2H3Cl2N/c3-2(4)1-5-2/h5H,1H2. The number of hydrogen-bond acceptors (Lipinski definition) is 1. The Hall–Kier alpha value is 0.540. The van der Waals surface area contributed by atoms with Crippen LogP contribution in [-0.4, -0.2) is 11.0 Å². The summed E-state index contributed by atoms with van der Waals surface area (Å²) in [6.45, 7) is 0.732. The average Bonchev–Trinajstić information content (AvgIpc) is 1.76. The maximum atomic E-state index is 5.30. The summed E-state index contributed by atoms with van der Waals surface area (Å²) in [7, 11) is 0. The molecule has 1 N–H and O–H groups in total. The second-order valence-electron chi connectivity index (χ2n) is 1.06. The molecule has 0 radical (unpaired) electrons. The van der Waals surface area contributed by atoms with Crippen LogP contribution in [0.1, 0.15) is 0 Å². The summed E-state index contributed by atoms with van der Waals surface area (Å²) < 4.78 is -0.556. The van der Waals surface area contributed by atoms with Crippen molar-refractivity contribution in [1.29, 1.82) is 0 Å². The maximum Gasteiger partial charge on any atom is 0.181 e. The zero-order valence-corrected chi connectivity index (χ0v) is 3.97. The van der Waals surface area contributed by atoms with E-state index in [1.165, 1.54) is 0 Å². The van der Waals surface area contributed by atoms with Crippen LogP contribution in [0.5, 0.6) is 0 Å². The van der Waals surface area contributed by atoms with E-state index in [0.29, 0.717) is 0 Å². The van der Waals surface area contributed by atoms with Crippen LogP contribution in [0, 0.1) is 0 Å². The van der Waals surface area contributed by atoms with Crippen LogP contribution < -0.4 is 5.32 Å². The van der Waals surface area contributed by atoms with Crippen molar-refractivity contribution in [1.82, 2.24) is 5.32 Å². The monoisotopic (exact) mass is 111 g/mol. The molecule has 1 aliphatic rings. The molecule has 0 aromatic heterocycles. The van der Waals surface area contributed by atoms with Gasteiger partial charge >= 0.3 is 0 Å². The zero-order valence-electron chi connectivity index (χ0n) is 2.46. The molecule has 0 amide bonds. The molecule has 1 saturated heterocycles. The van der Waals surface area contributed by atoms with Crippen molar-refractivity contribution in [3.05, 3.63) is 0 Å². The van der Waals surface area contributed by atoms with Gasteiger partial charge in [-0.15, -0.1) is 0 Å². The largest absolute Gasteiger partial charge is 0.281 e. The first kappa shape index (κ1) is 3.72. The van der Waals surface area contributed by atoms with E-state index >= 15 is 0 Å². The second kappa shape index (κ2) is 0.780. The molecule has 1 nitrogen and oxygen atoms in total. The summed E-state index contributed by atoms with van der Waals surface area (Å²) in [4.78, 5) is 0. The molecule has 0 atom stereocenters. The van der Waals surface area contributed by atoms with Crippen LogP contribution in [0.3, 0.4) is 0 Å². The van der Waals surface area contributed by atoms with Crippen molar-refractivity contribution in [3.8, 4) is 0 Å². The Bertz CT molecular complexity index is 45.6. The Morgan fingerprint density at radius 2 is 1.80 bits per heavy atom. The molecule has 3 heteroatoms. The fourth-order valence-corrected chi connectivity index (χ4v) is 0.200. The highest BCUT2D eigenvalue weighted by atomic mass is 35.5. The van der Waals surface area contributed by atoms with Crippen LogP contribution in [0.15, 0.2) is 0 Å². The molecular weight excluding hydrogens is 109 g/mol. The highest BCUT2D eigenvalue weighted by Crippen LogP contribution is 2.26. The molecule has 1 heterocycles. The minimum Gasteiger partial charge on any atom is -0.281 e. The van der Waals surface area contributed by atoms with Crippen molar-refractivity contribution < 1.29 is 0 Å². The predicted octanol–water partition coefficient (Wildman–Crippen LogP) is 0.721. The number of hydrogen-bond donors (Lipinski definition) is 1. The van der Waals surface area contributed by atoms with Gasteiger partial charge in [0.05, 0.1) is 0 Å². The van der Waals surface area contributed by atoms with Gasteiger partial charge in [0.25, 0.3) is 0 Å². The Labute approximate surface area is 40.3 Å². The Balaban J connectivity index is 2.38. The van der Waals surface area contributed by atoms with Gasteiger partial charge in [0.15, 0.2) is 4.46 Å². The maximum absolute atomic E-state index is 5.30. The highest BCUT2D eigenvalue weighted by molar-refractivity contribution is 6.50. The average molecular weight is 112 g/mol. The second-order valence-corrected chi connectivity index (χ2v) is 2.54. The predicted molar refractivity (Wildman–Crippen MR) is 22.4 cm³/mol. The van der Waals surface area contributed by atoms with E-state index in [-0.39, 0.29) is 0 Å². The molecule has 30 valence electrons. The molecule has 0 aliphatic carbocycles. The van der Waals surface area contributed by atoms with Crippen molar-refractivity contribution >= 4 is 23.2 Å². The number of alkyl halides is 2. The minimum absolute atomic E-state index is 0.556. The van der Waals surface area contributed by atoms with Gasteiger partial charge in [-0.1, -0.05) is 23.2 Å². The molecule has 0 bridgehead atoms. The molecular formula is C2H3Cl2N. The van der Waals surface area contributed by atoms with E-state index in [4.69, 9.17) is 23.2 Å². The molecule has 1 aliphatic heterocycles. The van der Waals surface area contributed by atoms with Gasteiger partial charge in [0.1, 0.15) is 0 Å². The van der Waals surface area contributed by atoms with Gasteiger partial charge in [-0.3, -0.25) is 5.32 Å². The first-order valence-electron chi connectivity index (χ1n) is 1.34. The Morgan fingerprint density at radius 1 is 1.60 bits per heavy atom. The van der Waals surface area contributed by atoms with E-state index < -0.39 is 4.46 Å². The first-order valence-corrected chi connectivity index (χ1v) is 2.09. The number of halogens is 2. The summed E-state index contributed by atoms with van der Waals surface area (Å²) in [6, 6.07) is 0. The molecule has 5 heavy (non-hydrogen) atoms. The van der Waals surface area contributed by atoms with E-state index in [9.17, 15) is 0 Å². The lowest BCUT2D eigenvalue weighted by Crippen LogP contribution is -1.87. The summed E-state index contributed by atoms with van der Waals surface area (Å²) in [5.41, 5.74) is 0. The van der Waals surface area contributed by atoms with E-state index in [1.54, 1.807) is 0 Å². The van der Waals surface area contributed by atoms with Gasteiger partial charge in [-0.2, -0.15) is 0 Å². The van der Waals surface area contributed by atoms with Gasteiger partial charge in [0, 0.05) is 6.54 Å². The minimum atomic E-state index is -0.556. The summed E-state index contributed by atoms with van der Waals surface area (Å²) in [6.07, 6.45) is 0. The van der Waals surface area contributed by atoms with Crippen LogP contribution in [0.25, 0.3) is 0 Å². The van der Waals surface area contributed by atoms with Gasteiger partial charge in [0.2, 0.25) is 0 Å². The molecule has 0 saturated carbocycles. The van der Waals surface area contributed by atoms with E-state index in [2.05, 4.69) is 5.32 Å². The molecule has 1 rings (SSSR count). The Morgan fingerprint density at radius 3 is 1.80 bits per heavy atom. The quantitative estimate of drug-likeness (QED) is 0.278. The third kappa shape index (κ3) is 0.954. The molecule has 0 unspecified atom stereocenters. The summed E-state index contributed by atoms with van der Waals surface area (Å²) in [5, 5.41) is 2.70. The zero-order chi connectivity index (χ0) is 3.91. The molecule has 0 spiro atoms. The fourth-order valence-electron chi connectivity index (χ4n) is 0.0668. The van der Waals surface area contributed by atoms with Crippen LogP contribution in [0.4, 0.5) is 0 Å². The SMILES string of the molecule is ClC1(Cl)CN1. The van der Waals surface area contributed by atoms with Gasteiger partial charge in [-0.25, -0.2) is 0 Å². The third-order valence-electron chi connectivity index (χ3n) is 0.444. The van der Waals surface area contributed by atoms with Crippen LogP contribution >= 0.6 is 23.2 Å². The van der Waals surface area contributed by atoms with Gasteiger partial charge < -0.3 is 0 Å². The summed E-state index contributed by atoms with van der Waals surface area (Å²) >= 11 is 10.6. The highest BCUT2D eigenvalue weighted by Gasteiger charge is 2.36. The number of nitrogens with one attached hydrogen (secondary N) is 1. The van der Waals surface area contributed by atoms with Crippen molar-refractivity contribution in [3.63, 3.8) is 0 Å². The first-order chi connectivity index (χ1) is 2.21. The molecule has 0 aromatic carbocycles. The third-order valence-corrected chi connectivity index (χ3v) is 0.979. The van der Waals surface area contributed by atoms with Crippen molar-refractivity contribution in [2.75, 3.05) is 6.54 Å². The lowest BCUT2D eigenvalue weighted by atomic mass is 11.0. The Kier molecular flexibility index (Phi) is 0.580. The van der Waals surface area contributed by atoms with Gasteiger partial charge in [-0.05, 0) is 0 Å². The lowest BCUT2D eigenvalue weighted by molar-refractivity contribution is 1.23. The summed E-state index contributed by atoms with van der Waals surface area (Å²) in [5.74, 6) is 0. The normalized spacial score (nSPS) is 30.0. The van der Waals surface area contributed by atoms with Crippen LogP contribution in [0.2, 0.25) is 0 Å². The van der Waals surface area contributed by atoms with Crippen molar-refractivity contribution in [2.45, 2.75) is 4.46 Å². The van der Waals surface area contributed by atoms with E-state index in [1.807, 2.05) is 0 Å². The number of rotatable bonds is 0.